The van der Waals surface area contributed by atoms with Crippen LogP contribution in [0, 0.1) is 0 Å². The van der Waals surface area contributed by atoms with Crippen molar-refractivity contribution in [3.63, 3.8) is 0 Å². The highest BCUT2D eigenvalue weighted by atomic mass is 16.6. The van der Waals surface area contributed by atoms with Crippen LogP contribution in [0.15, 0.2) is 53.5 Å². The molecule has 13 nitrogen and oxygen atoms in total. The Hall–Kier alpha value is -4.49. The highest BCUT2D eigenvalue weighted by Gasteiger charge is 2.30. The first-order chi connectivity index (χ1) is 20.6. The van der Waals surface area contributed by atoms with Crippen LogP contribution >= 0.6 is 0 Å². The molecule has 1 aromatic heterocycles. The van der Waals surface area contributed by atoms with Crippen molar-refractivity contribution < 1.29 is 33.3 Å². The molecule has 0 aliphatic carbocycles. The number of benzene rings is 2. The van der Waals surface area contributed by atoms with Gasteiger partial charge in [0.05, 0.1) is 38.0 Å². The van der Waals surface area contributed by atoms with Crippen molar-refractivity contribution in [2.45, 2.75) is 45.3 Å². The molecule has 3 aromatic rings. The minimum Gasteiger partial charge on any atom is -0.491 e. The van der Waals surface area contributed by atoms with E-state index in [9.17, 15) is 19.2 Å². The fourth-order valence-electron chi connectivity index (χ4n) is 4.29. The standard InChI is InChI=1S/C30H37N5O8/c1-30(2,3)43-29(39)33-22-5-4-6-23(17-22)42-16-15-41-14-13-40-12-11-31-21-8-7-20-19-32-35(28(38)24(20)18-21)25-9-10-26(36)34-27(25)37/h4-8,17-19,25,31H,9-16H2,1-3H3,(H,33,39)(H,34,36,37). The fraction of sp³-hybridized carbons (Fsp3) is 0.433. The maximum Gasteiger partial charge on any atom is 0.412 e. The summed E-state index contributed by atoms with van der Waals surface area (Å²) >= 11 is 0. The molecule has 2 heterocycles. The van der Waals surface area contributed by atoms with Crippen LogP contribution in [0.25, 0.3) is 10.8 Å². The van der Waals surface area contributed by atoms with E-state index < -0.39 is 29.2 Å². The van der Waals surface area contributed by atoms with E-state index in [0.29, 0.717) is 61.8 Å². The first-order valence-electron chi connectivity index (χ1n) is 14.1. The number of nitrogens with zero attached hydrogens (tertiary/aromatic N) is 2. The second-order valence-corrected chi connectivity index (χ2v) is 10.8. The summed E-state index contributed by atoms with van der Waals surface area (Å²) in [6, 6.07) is 11.5. The number of fused-ring (bicyclic) bond motifs is 1. The van der Waals surface area contributed by atoms with E-state index in [0.717, 1.165) is 10.4 Å². The monoisotopic (exact) mass is 595 g/mol. The third-order valence-corrected chi connectivity index (χ3v) is 6.24. The molecular weight excluding hydrogens is 558 g/mol. The van der Waals surface area contributed by atoms with E-state index in [1.54, 1.807) is 63.4 Å². The molecule has 1 atom stereocenters. The van der Waals surface area contributed by atoms with Crippen LogP contribution < -0.4 is 26.2 Å². The molecule has 2 aromatic carbocycles. The average Bonchev–Trinajstić information content (AvgIpc) is 2.94. The van der Waals surface area contributed by atoms with E-state index in [2.05, 4.69) is 21.0 Å². The first kappa shape index (κ1) is 31.4. The lowest BCUT2D eigenvalue weighted by Crippen LogP contribution is -2.45. The van der Waals surface area contributed by atoms with Crippen LogP contribution in [0.1, 0.15) is 39.7 Å². The number of anilines is 2. The molecule has 4 rings (SSSR count). The number of imide groups is 1. The fourth-order valence-corrected chi connectivity index (χ4v) is 4.29. The highest BCUT2D eigenvalue weighted by Crippen LogP contribution is 2.20. The third kappa shape index (κ3) is 9.51. The number of aromatic nitrogens is 2. The van der Waals surface area contributed by atoms with Crippen molar-refractivity contribution in [3.8, 4) is 5.75 Å². The number of rotatable bonds is 13. The summed E-state index contributed by atoms with van der Waals surface area (Å²) in [4.78, 5) is 48.6. The Bertz CT molecular complexity index is 1500. The lowest BCUT2D eigenvalue weighted by Gasteiger charge is -2.21. The average molecular weight is 596 g/mol. The molecule has 0 spiro atoms. The molecule has 1 aliphatic rings. The number of hydrogen-bond acceptors (Lipinski definition) is 10. The molecule has 1 saturated heterocycles. The number of amides is 3. The summed E-state index contributed by atoms with van der Waals surface area (Å²) in [7, 11) is 0. The topological polar surface area (TPSA) is 159 Å². The minimum atomic E-state index is -0.812. The highest BCUT2D eigenvalue weighted by molar-refractivity contribution is 5.99. The van der Waals surface area contributed by atoms with Crippen LogP contribution in [0.2, 0.25) is 0 Å². The number of carbonyl (C=O) groups excluding carboxylic acids is 3. The van der Waals surface area contributed by atoms with Crippen LogP contribution in [-0.2, 0) is 23.8 Å². The molecule has 1 unspecified atom stereocenters. The number of hydrogen-bond donors (Lipinski definition) is 3. The van der Waals surface area contributed by atoms with Gasteiger partial charge in [-0.2, -0.15) is 5.10 Å². The van der Waals surface area contributed by atoms with E-state index in [1.165, 1.54) is 0 Å². The van der Waals surface area contributed by atoms with Gasteiger partial charge in [0.1, 0.15) is 24.0 Å². The summed E-state index contributed by atoms with van der Waals surface area (Å²) < 4.78 is 23.2. The largest absolute Gasteiger partial charge is 0.491 e. The molecule has 0 bridgehead atoms. The Labute approximate surface area is 248 Å². The summed E-state index contributed by atoms with van der Waals surface area (Å²) in [5.74, 6) is -0.273. The molecule has 43 heavy (non-hydrogen) atoms. The lowest BCUT2D eigenvalue weighted by molar-refractivity contribution is -0.136. The minimum absolute atomic E-state index is 0.161. The molecule has 3 N–H and O–H groups in total. The predicted octanol–water partition coefficient (Wildman–Crippen LogP) is 3.25. The Morgan fingerprint density at radius 3 is 2.53 bits per heavy atom. The Morgan fingerprint density at radius 2 is 1.77 bits per heavy atom. The zero-order valence-corrected chi connectivity index (χ0v) is 24.5. The van der Waals surface area contributed by atoms with Crippen molar-refractivity contribution in [2.24, 2.45) is 0 Å². The number of nitrogens with one attached hydrogen (secondary N) is 3. The Balaban J connectivity index is 1.12. The van der Waals surface area contributed by atoms with Gasteiger partial charge in [0.2, 0.25) is 5.91 Å². The molecule has 13 heteroatoms. The normalized spacial score (nSPS) is 15.2. The zero-order chi connectivity index (χ0) is 30.8. The zero-order valence-electron chi connectivity index (χ0n) is 24.5. The van der Waals surface area contributed by atoms with Crippen molar-refractivity contribution >= 4 is 40.1 Å². The van der Waals surface area contributed by atoms with Crippen LogP contribution in [-0.4, -0.2) is 72.9 Å². The second kappa shape index (κ2) is 14.6. The van der Waals surface area contributed by atoms with Crippen LogP contribution in [0.5, 0.6) is 5.75 Å². The SMILES string of the molecule is CC(C)(C)OC(=O)Nc1cccc(OCCOCCOCCNc2ccc3cnn(C4CCC(=O)NC4=O)c(=O)c3c2)c1. The third-order valence-electron chi connectivity index (χ3n) is 6.24. The van der Waals surface area contributed by atoms with E-state index in [4.69, 9.17) is 18.9 Å². The molecule has 1 fully saturated rings. The molecule has 230 valence electrons. The maximum absolute atomic E-state index is 13.0. The van der Waals surface area contributed by atoms with Crippen molar-refractivity contribution in [3.05, 3.63) is 59.0 Å². The summed E-state index contributed by atoms with van der Waals surface area (Å²) in [6.45, 7) is 7.82. The first-order valence-corrected chi connectivity index (χ1v) is 14.1. The molecule has 0 radical (unpaired) electrons. The number of piperidine rings is 1. The number of carbonyl (C=O) groups is 3. The van der Waals surface area contributed by atoms with Crippen molar-refractivity contribution in [2.75, 3.05) is 50.2 Å². The van der Waals surface area contributed by atoms with Crippen LogP contribution in [0.4, 0.5) is 16.2 Å². The number of ether oxygens (including phenoxy) is 4. The van der Waals surface area contributed by atoms with Gasteiger partial charge in [0, 0.05) is 35.8 Å². The smallest absolute Gasteiger partial charge is 0.412 e. The molecule has 3 amide bonds. The Morgan fingerprint density at radius 1 is 1.00 bits per heavy atom. The molecule has 1 aliphatic heterocycles. The predicted molar refractivity (Wildman–Crippen MR) is 159 cm³/mol. The van der Waals surface area contributed by atoms with Crippen molar-refractivity contribution in [1.82, 2.24) is 15.1 Å². The van der Waals surface area contributed by atoms with Gasteiger partial charge in [0.15, 0.2) is 0 Å². The summed E-state index contributed by atoms with van der Waals surface area (Å²) in [5.41, 5.74) is 0.325. The summed E-state index contributed by atoms with van der Waals surface area (Å²) in [5, 5.41) is 13.4. The van der Waals surface area contributed by atoms with Gasteiger partial charge in [-0.05, 0) is 51.5 Å². The quantitative estimate of drug-likeness (QED) is 0.198. The Kier molecular flexibility index (Phi) is 10.7. The van der Waals surface area contributed by atoms with Gasteiger partial charge >= 0.3 is 6.09 Å². The van der Waals surface area contributed by atoms with Gasteiger partial charge in [-0.1, -0.05) is 12.1 Å². The van der Waals surface area contributed by atoms with Gasteiger partial charge in [-0.3, -0.25) is 25.0 Å². The van der Waals surface area contributed by atoms with Gasteiger partial charge < -0.3 is 24.3 Å². The summed E-state index contributed by atoms with van der Waals surface area (Å²) in [6.07, 6.45) is 1.40. The van der Waals surface area contributed by atoms with Crippen LogP contribution in [0.3, 0.4) is 0 Å². The second-order valence-electron chi connectivity index (χ2n) is 10.8. The van der Waals surface area contributed by atoms with E-state index in [-0.39, 0.29) is 18.7 Å². The maximum atomic E-state index is 13.0. The van der Waals surface area contributed by atoms with E-state index >= 15 is 0 Å². The van der Waals surface area contributed by atoms with Gasteiger partial charge in [-0.15, -0.1) is 0 Å². The molecule has 0 saturated carbocycles. The van der Waals surface area contributed by atoms with Gasteiger partial charge in [0.25, 0.3) is 11.5 Å². The lowest BCUT2D eigenvalue weighted by atomic mass is 10.1. The van der Waals surface area contributed by atoms with E-state index in [1.807, 2.05) is 6.07 Å². The molecular formula is C30H37N5O8. The van der Waals surface area contributed by atoms with Gasteiger partial charge in [-0.25, -0.2) is 9.48 Å². The van der Waals surface area contributed by atoms with Crippen molar-refractivity contribution in [1.29, 1.82) is 0 Å².